The highest BCUT2D eigenvalue weighted by atomic mass is 32.2. The molecule has 0 radical (unpaired) electrons. The largest absolute Gasteiger partial charge is 0.495 e. The number of carbonyl (C=O) groups excluding carboxylic acids is 1. The van der Waals surface area contributed by atoms with Gasteiger partial charge < -0.3 is 10.1 Å². The summed E-state index contributed by atoms with van der Waals surface area (Å²) in [6, 6.07) is 18.9. The third kappa shape index (κ3) is 5.40. The Balaban J connectivity index is 1.89. The van der Waals surface area contributed by atoms with Crippen LogP contribution in [0.3, 0.4) is 0 Å². The van der Waals surface area contributed by atoms with E-state index in [-0.39, 0.29) is 23.0 Å². The fraction of sp³-hybridized carbons (Fsp3) is 0.174. The molecule has 1 amide bonds. The van der Waals surface area contributed by atoms with E-state index in [1.54, 1.807) is 61.5 Å². The van der Waals surface area contributed by atoms with Crippen LogP contribution in [-0.4, -0.2) is 28.0 Å². The molecule has 0 aliphatic carbocycles. The van der Waals surface area contributed by atoms with E-state index in [9.17, 15) is 17.6 Å². The van der Waals surface area contributed by atoms with Crippen LogP contribution in [0.1, 0.15) is 11.1 Å². The van der Waals surface area contributed by atoms with Crippen molar-refractivity contribution in [2.45, 2.75) is 18.4 Å². The molecule has 3 rings (SSSR count). The highest BCUT2D eigenvalue weighted by Gasteiger charge is 2.30. The summed E-state index contributed by atoms with van der Waals surface area (Å²) in [5.74, 6) is -0.676. The number of carbonyl (C=O) groups is 1. The molecule has 3 aromatic carbocycles. The van der Waals surface area contributed by atoms with E-state index in [4.69, 9.17) is 4.74 Å². The average Bonchev–Trinajstić information content (AvgIpc) is 2.77. The fourth-order valence-electron chi connectivity index (χ4n) is 3.00. The molecule has 0 aliphatic heterocycles. The lowest BCUT2D eigenvalue weighted by atomic mass is 10.2. The van der Waals surface area contributed by atoms with Crippen LogP contribution in [0.2, 0.25) is 0 Å². The van der Waals surface area contributed by atoms with E-state index < -0.39 is 22.5 Å². The summed E-state index contributed by atoms with van der Waals surface area (Å²) < 4.78 is 46.4. The average molecular weight is 443 g/mol. The number of nitrogens with zero attached hydrogens (tertiary/aromatic N) is 1. The number of aryl methyl sites for hydroxylation is 1. The Morgan fingerprint density at radius 2 is 1.71 bits per heavy atom. The monoisotopic (exact) mass is 442 g/mol. The third-order valence-corrected chi connectivity index (χ3v) is 6.42. The molecular weight excluding hydrogens is 419 g/mol. The van der Waals surface area contributed by atoms with Gasteiger partial charge in [0.25, 0.3) is 10.0 Å². The number of amides is 1. The second kappa shape index (κ2) is 9.61. The summed E-state index contributed by atoms with van der Waals surface area (Å²) in [7, 11) is -2.71. The van der Waals surface area contributed by atoms with Crippen molar-refractivity contribution in [2.75, 3.05) is 18.0 Å². The van der Waals surface area contributed by atoms with Gasteiger partial charge in [-0.05, 0) is 54.4 Å². The van der Waals surface area contributed by atoms with Crippen molar-refractivity contribution in [3.8, 4) is 5.75 Å². The lowest BCUT2D eigenvalue weighted by Gasteiger charge is -2.25. The Hall–Kier alpha value is -3.39. The smallest absolute Gasteiger partial charge is 0.268 e. The number of ether oxygens (including phenoxy) is 1. The zero-order valence-electron chi connectivity index (χ0n) is 17.2. The number of para-hydroxylation sites is 1. The summed E-state index contributed by atoms with van der Waals surface area (Å²) in [5, 5.41) is 2.68. The van der Waals surface area contributed by atoms with Crippen LogP contribution < -0.4 is 14.4 Å². The Morgan fingerprint density at radius 3 is 2.35 bits per heavy atom. The Labute approximate surface area is 181 Å². The summed E-state index contributed by atoms with van der Waals surface area (Å²) in [4.78, 5) is 12.6. The van der Waals surface area contributed by atoms with E-state index in [0.29, 0.717) is 11.3 Å². The Morgan fingerprint density at radius 1 is 1.03 bits per heavy atom. The summed E-state index contributed by atoms with van der Waals surface area (Å²) in [5.41, 5.74) is 1.79. The molecule has 6 nitrogen and oxygen atoms in total. The van der Waals surface area contributed by atoms with Crippen molar-refractivity contribution in [1.82, 2.24) is 5.32 Å². The summed E-state index contributed by atoms with van der Waals surface area (Å²) in [6.45, 7) is 1.50. The number of benzene rings is 3. The number of anilines is 1. The predicted molar refractivity (Wildman–Crippen MR) is 117 cm³/mol. The van der Waals surface area contributed by atoms with Gasteiger partial charge in [0.15, 0.2) is 0 Å². The highest BCUT2D eigenvalue weighted by Crippen LogP contribution is 2.30. The molecule has 0 fully saturated rings. The number of nitrogens with one attached hydrogen (secondary N) is 1. The standard InChI is InChI=1S/C23H23FN2O4S/c1-17-8-13-21(30-2)22(14-17)31(28,29)26(20-6-4-3-5-7-20)16-23(27)25-15-18-9-11-19(24)12-10-18/h3-14H,15-16H2,1-2H3,(H,25,27). The first kappa shape index (κ1) is 22.3. The molecule has 0 spiro atoms. The summed E-state index contributed by atoms with van der Waals surface area (Å²) in [6.07, 6.45) is 0. The molecule has 0 bridgehead atoms. The van der Waals surface area contributed by atoms with Crippen molar-refractivity contribution in [3.05, 3.63) is 89.7 Å². The van der Waals surface area contributed by atoms with E-state index in [0.717, 1.165) is 9.87 Å². The molecule has 3 aromatic rings. The van der Waals surface area contributed by atoms with Gasteiger partial charge in [-0.1, -0.05) is 36.4 Å². The first-order chi connectivity index (χ1) is 14.8. The lowest BCUT2D eigenvalue weighted by molar-refractivity contribution is -0.119. The quantitative estimate of drug-likeness (QED) is 0.578. The Bertz CT molecular complexity index is 1150. The maximum atomic E-state index is 13.5. The van der Waals surface area contributed by atoms with Crippen LogP contribution in [0, 0.1) is 12.7 Å². The molecule has 1 N–H and O–H groups in total. The molecular formula is C23H23FN2O4S. The molecule has 0 saturated carbocycles. The number of halogens is 1. The third-order valence-electron chi connectivity index (χ3n) is 4.62. The van der Waals surface area contributed by atoms with E-state index in [1.807, 2.05) is 0 Å². The van der Waals surface area contributed by atoms with Crippen molar-refractivity contribution in [1.29, 1.82) is 0 Å². The molecule has 0 aliphatic rings. The van der Waals surface area contributed by atoms with Crippen LogP contribution in [0.5, 0.6) is 5.75 Å². The number of hydrogen-bond acceptors (Lipinski definition) is 4. The minimum absolute atomic E-state index is 0.0230. The summed E-state index contributed by atoms with van der Waals surface area (Å²) >= 11 is 0. The normalized spacial score (nSPS) is 11.1. The number of sulfonamides is 1. The molecule has 31 heavy (non-hydrogen) atoms. The minimum atomic E-state index is -4.11. The van der Waals surface area contributed by atoms with Crippen LogP contribution in [-0.2, 0) is 21.4 Å². The first-order valence-electron chi connectivity index (χ1n) is 9.55. The maximum Gasteiger partial charge on any atom is 0.268 e. The first-order valence-corrected chi connectivity index (χ1v) is 11.0. The van der Waals surface area contributed by atoms with Gasteiger partial charge in [-0.25, -0.2) is 12.8 Å². The van der Waals surface area contributed by atoms with Crippen molar-refractivity contribution in [2.24, 2.45) is 0 Å². The van der Waals surface area contributed by atoms with Gasteiger partial charge in [0.1, 0.15) is 23.0 Å². The van der Waals surface area contributed by atoms with Crippen LogP contribution in [0.25, 0.3) is 0 Å². The SMILES string of the molecule is COc1ccc(C)cc1S(=O)(=O)N(CC(=O)NCc1ccc(F)cc1)c1ccccc1. The van der Waals surface area contributed by atoms with Gasteiger partial charge in [-0.3, -0.25) is 9.10 Å². The molecule has 162 valence electrons. The van der Waals surface area contributed by atoms with Gasteiger partial charge in [0.2, 0.25) is 5.91 Å². The van der Waals surface area contributed by atoms with Gasteiger partial charge in [-0.15, -0.1) is 0 Å². The van der Waals surface area contributed by atoms with Crippen molar-refractivity contribution < 1.29 is 22.3 Å². The maximum absolute atomic E-state index is 13.5. The molecule has 0 unspecified atom stereocenters. The predicted octanol–water partition coefficient (Wildman–Crippen LogP) is 3.65. The van der Waals surface area contributed by atoms with Gasteiger partial charge in [-0.2, -0.15) is 0 Å². The Kier molecular flexibility index (Phi) is 6.91. The highest BCUT2D eigenvalue weighted by molar-refractivity contribution is 7.93. The fourth-order valence-corrected chi connectivity index (χ4v) is 4.67. The second-order valence-corrected chi connectivity index (χ2v) is 8.74. The zero-order chi connectivity index (χ0) is 22.4. The van der Waals surface area contributed by atoms with Crippen LogP contribution in [0.15, 0.2) is 77.7 Å². The topological polar surface area (TPSA) is 75.7 Å². The molecule has 0 atom stereocenters. The molecule has 0 saturated heterocycles. The lowest BCUT2D eigenvalue weighted by Crippen LogP contribution is -2.40. The van der Waals surface area contributed by atoms with Crippen molar-refractivity contribution >= 4 is 21.6 Å². The molecule has 8 heteroatoms. The number of methoxy groups -OCH3 is 1. The second-order valence-electron chi connectivity index (χ2n) is 6.90. The van der Waals surface area contributed by atoms with Gasteiger partial charge in [0.05, 0.1) is 12.8 Å². The minimum Gasteiger partial charge on any atom is -0.495 e. The van der Waals surface area contributed by atoms with E-state index in [1.165, 1.54) is 25.3 Å². The number of rotatable bonds is 8. The van der Waals surface area contributed by atoms with Crippen LogP contribution in [0.4, 0.5) is 10.1 Å². The molecule has 0 heterocycles. The molecule has 0 aromatic heterocycles. The van der Waals surface area contributed by atoms with E-state index >= 15 is 0 Å². The van der Waals surface area contributed by atoms with E-state index in [2.05, 4.69) is 5.32 Å². The van der Waals surface area contributed by atoms with Gasteiger partial charge >= 0.3 is 0 Å². The number of hydrogen-bond donors (Lipinski definition) is 1. The van der Waals surface area contributed by atoms with Gasteiger partial charge in [0, 0.05) is 6.54 Å². The van der Waals surface area contributed by atoms with Crippen LogP contribution >= 0.6 is 0 Å². The zero-order valence-corrected chi connectivity index (χ0v) is 18.0. The van der Waals surface area contributed by atoms with Crippen molar-refractivity contribution in [3.63, 3.8) is 0 Å².